The minimum Gasteiger partial charge on any atom is -0.493 e. The summed E-state index contributed by atoms with van der Waals surface area (Å²) in [5.74, 6) is 0.566. The number of hydrogen-bond acceptors (Lipinski definition) is 6. The molecule has 0 saturated heterocycles. The minimum absolute atomic E-state index is 0.158. The van der Waals surface area contributed by atoms with E-state index in [4.69, 9.17) is 49.0 Å². The second kappa shape index (κ2) is 13.8. The van der Waals surface area contributed by atoms with E-state index >= 15 is 0 Å². The number of imidazole rings is 1. The lowest BCUT2D eigenvalue weighted by Crippen LogP contribution is -2.35. The maximum atomic E-state index is 12.6. The quantitative estimate of drug-likeness (QED) is 0.105. The molecule has 40 heavy (non-hydrogen) atoms. The number of ether oxygens (including phenoxy) is 3. The van der Waals surface area contributed by atoms with Crippen molar-refractivity contribution >= 4 is 63.7 Å². The first-order valence-electron chi connectivity index (χ1n) is 12.7. The van der Waals surface area contributed by atoms with E-state index in [1.807, 2.05) is 54.7 Å². The topological polar surface area (TPSA) is 110 Å². The normalized spacial score (nSPS) is 12.2. The molecule has 0 spiro atoms. The van der Waals surface area contributed by atoms with Crippen molar-refractivity contribution in [2.45, 2.75) is 29.5 Å². The highest BCUT2D eigenvalue weighted by atomic mass is 35.6. The third-order valence-electron chi connectivity index (χ3n) is 6.05. The number of fused-ring (bicyclic) bond motifs is 1. The zero-order valence-electron chi connectivity index (χ0n) is 21.7. The van der Waals surface area contributed by atoms with Gasteiger partial charge in [-0.05, 0) is 36.6 Å². The minimum atomic E-state index is -1.72. The van der Waals surface area contributed by atoms with E-state index in [2.05, 4.69) is 15.0 Å². The number of aromatic amines is 2. The average Bonchev–Trinajstić information content (AvgIpc) is 3.61. The fourth-order valence-electron chi connectivity index (χ4n) is 4.31. The van der Waals surface area contributed by atoms with Crippen molar-refractivity contribution in [2.24, 2.45) is 0 Å². The Kier molecular flexibility index (Phi) is 10.2. The maximum Gasteiger partial charge on any atom is 0.416 e. The summed E-state index contributed by atoms with van der Waals surface area (Å²) in [5.41, 5.74) is 2.92. The van der Waals surface area contributed by atoms with Crippen molar-refractivity contribution in [2.75, 3.05) is 31.3 Å². The lowest BCUT2D eigenvalue weighted by atomic mass is 9.88. The van der Waals surface area contributed by atoms with Crippen LogP contribution in [0.1, 0.15) is 36.8 Å². The SMILES string of the molecule is CCOC(=O)CC(c1ccccc1)c1c[nH]c2cc(OCCCN(C(=O)OCC(Cl)(Cl)Cl)c3ncc[nH]3)ccc12. The average molecular weight is 608 g/mol. The van der Waals surface area contributed by atoms with Gasteiger partial charge in [-0.15, -0.1) is 0 Å². The van der Waals surface area contributed by atoms with Crippen LogP contribution in [0.3, 0.4) is 0 Å². The number of nitrogens with one attached hydrogen (secondary N) is 2. The third kappa shape index (κ3) is 8.06. The summed E-state index contributed by atoms with van der Waals surface area (Å²) in [6.45, 7) is 2.32. The zero-order chi connectivity index (χ0) is 28.5. The van der Waals surface area contributed by atoms with Gasteiger partial charge in [0, 0.05) is 48.0 Å². The molecule has 212 valence electrons. The largest absolute Gasteiger partial charge is 0.493 e. The Hall–Kier alpha value is -3.40. The van der Waals surface area contributed by atoms with Crippen LogP contribution in [0, 0.1) is 0 Å². The summed E-state index contributed by atoms with van der Waals surface area (Å²) in [5, 5.41) is 0.992. The van der Waals surface area contributed by atoms with Gasteiger partial charge in [-0.3, -0.25) is 4.79 Å². The number of aromatic nitrogens is 3. The van der Waals surface area contributed by atoms with E-state index < -0.39 is 16.5 Å². The Morgan fingerprint density at radius 3 is 2.58 bits per heavy atom. The molecule has 0 aliphatic rings. The van der Waals surface area contributed by atoms with Crippen molar-refractivity contribution in [3.63, 3.8) is 0 Å². The highest BCUT2D eigenvalue weighted by Crippen LogP contribution is 2.35. The number of H-pyrrole nitrogens is 2. The molecule has 4 aromatic rings. The van der Waals surface area contributed by atoms with Crippen LogP contribution >= 0.6 is 34.8 Å². The molecule has 1 unspecified atom stereocenters. The molecule has 9 nitrogen and oxygen atoms in total. The smallest absolute Gasteiger partial charge is 0.416 e. The molecule has 0 fully saturated rings. The highest BCUT2D eigenvalue weighted by Gasteiger charge is 2.26. The fraction of sp³-hybridized carbons (Fsp3) is 0.321. The second-order valence-electron chi connectivity index (χ2n) is 8.86. The monoisotopic (exact) mass is 606 g/mol. The number of alkyl halides is 3. The molecular weight excluding hydrogens is 579 g/mol. The molecule has 1 amide bonds. The molecule has 0 aliphatic carbocycles. The molecule has 2 aromatic carbocycles. The van der Waals surface area contributed by atoms with Crippen LogP contribution < -0.4 is 9.64 Å². The van der Waals surface area contributed by atoms with Crippen molar-refractivity contribution < 1.29 is 23.8 Å². The molecule has 0 bridgehead atoms. The Balaban J connectivity index is 1.41. The van der Waals surface area contributed by atoms with Crippen molar-refractivity contribution in [1.29, 1.82) is 0 Å². The van der Waals surface area contributed by atoms with E-state index in [1.165, 1.54) is 11.1 Å². The molecule has 0 radical (unpaired) electrons. The Bertz CT molecular complexity index is 1390. The first-order valence-corrected chi connectivity index (χ1v) is 13.8. The second-order valence-corrected chi connectivity index (χ2v) is 11.4. The van der Waals surface area contributed by atoms with Crippen LogP contribution in [0.25, 0.3) is 10.9 Å². The lowest BCUT2D eigenvalue weighted by molar-refractivity contribution is -0.143. The van der Waals surface area contributed by atoms with Crippen LogP contribution in [0.2, 0.25) is 0 Å². The van der Waals surface area contributed by atoms with Gasteiger partial charge in [-0.25, -0.2) is 14.7 Å². The number of carbonyl (C=O) groups is 2. The van der Waals surface area contributed by atoms with Gasteiger partial charge in [0.1, 0.15) is 12.4 Å². The molecule has 4 rings (SSSR count). The number of hydrogen-bond donors (Lipinski definition) is 2. The van der Waals surface area contributed by atoms with Gasteiger partial charge in [0.2, 0.25) is 9.74 Å². The first-order chi connectivity index (χ1) is 19.2. The van der Waals surface area contributed by atoms with E-state index in [1.54, 1.807) is 13.1 Å². The van der Waals surface area contributed by atoms with Gasteiger partial charge < -0.3 is 24.2 Å². The van der Waals surface area contributed by atoms with Crippen LogP contribution in [0.15, 0.2) is 67.1 Å². The number of carbonyl (C=O) groups excluding carboxylic acids is 2. The number of esters is 1. The summed E-state index contributed by atoms with van der Waals surface area (Å²) in [7, 11) is 0. The molecule has 2 heterocycles. The summed E-state index contributed by atoms with van der Waals surface area (Å²) in [4.78, 5) is 36.6. The van der Waals surface area contributed by atoms with Crippen LogP contribution in [0.5, 0.6) is 5.75 Å². The Labute approximate surface area is 246 Å². The van der Waals surface area contributed by atoms with Crippen LogP contribution in [-0.2, 0) is 14.3 Å². The first kappa shape index (κ1) is 29.6. The predicted octanol–water partition coefficient (Wildman–Crippen LogP) is 6.76. The van der Waals surface area contributed by atoms with Crippen LogP contribution in [0.4, 0.5) is 10.7 Å². The van der Waals surface area contributed by atoms with Crippen LogP contribution in [-0.4, -0.2) is 57.2 Å². The van der Waals surface area contributed by atoms with Crippen molar-refractivity contribution in [3.8, 4) is 5.75 Å². The van der Waals surface area contributed by atoms with E-state index in [-0.39, 0.29) is 24.9 Å². The summed E-state index contributed by atoms with van der Waals surface area (Å²) in [6.07, 6.45) is 5.06. The van der Waals surface area contributed by atoms with Gasteiger partial charge in [0.15, 0.2) is 0 Å². The highest BCUT2D eigenvalue weighted by molar-refractivity contribution is 6.67. The molecule has 12 heteroatoms. The number of rotatable bonds is 12. The molecule has 0 saturated carbocycles. The summed E-state index contributed by atoms with van der Waals surface area (Å²) < 4.78 is 14.6. The van der Waals surface area contributed by atoms with Gasteiger partial charge in [0.05, 0.1) is 19.6 Å². The number of halogens is 3. The van der Waals surface area contributed by atoms with Gasteiger partial charge >= 0.3 is 12.1 Å². The number of anilines is 1. The number of amides is 1. The predicted molar refractivity (Wildman–Crippen MR) is 156 cm³/mol. The molecule has 2 aromatic heterocycles. The summed E-state index contributed by atoms with van der Waals surface area (Å²) >= 11 is 17.1. The lowest BCUT2D eigenvalue weighted by Gasteiger charge is -2.21. The van der Waals surface area contributed by atoms with Gasteiger partial charge in [0.25, 0.3) is 0 Å². The van der Waals surface area contributed by atoms with Gasteiger partial charge in [-0.2, -0.15) is 0 Å². The standard InChI is InChI=1S/C28H29Cl3N4O5/c1-2-38-25(36)16-22(19-7-4-3-5-8-19)23-17-34-24-15-20(9-10-21(23)24)39-14-6-13-35(26-32-11-12-33-26)27(37)40-18-28(29,30)31/h3-5,7-12,15,17,22,34H,2,6,13-14,16,18H2,1H3,(H,32,33). The van der Waals surface area contributed by atoms with E-state index in [0.29, 0.717) is 31.3 Å². The Morgan fingerprint density at radius 1 is 1.07 bits per heavy atom. The molecule has 2 N–H and O–H groups in total. The van der Waals surface area contributed by atoms with E-state index in [9.17, 15) is 9.59 Å². The Morgan fingerprint density at radius 2 is 1.88 bits per heavy atom. The molecule has 0 aliphatic heterocycles. The van der Waals surface area contributed by atoms with E-state index in [0.717, 1.165) is 22.0 Å². The third-order valence-corrected chi connectivity index (χ3v) is 6.38. The van der Waals surface area contributed by atoms with Crippen molar-refractivity contribution in [3.05, 3.63) is 78.2 Å². The molecular formula is C28H29Cl3N4O5. The van der Waals surface area contributed by atoms with Gasteiger partial charge in [-0.1, -0.05) is 65.1 Å². The fourth-order valence-corrected chi connectivity index (χ4v) is 4.47. The molecule has 1 atom stereocenters. The summed E-state index contributed by atoms with van der Waals surface area (Å²) in [6, 6.07) is 15.7. The van der Waals surface area contributed by atoms with Crippen molar-refractivity contribution in [1.82, 2.24) is 15.0 Å². The maximum absolute atomic E-state index is 12.6. The number of benzene rings is 2. The zero-order valence-corrected chi connectivity index (χ0v) is 24.0. The number of nitrogens with zero attached hydrogens (tertiary/aromatic N) is 2.